The molecule has 0 aliphatic carbocycles. The molecule has 6 nitrogen and oxygen atoms in total. The van der Waals surface area contributed by atoms with E-state index in [0.29, 0.717) is 18.2 Å². The van der Waals surface area contributed by atoms with Gasteiger partial charge in [0, 0.05) is 24.4 Å². The van der Waals surface area contributed by atoms with E-state index in [9.17, 15) is 9.59 Å². The van der Waals surface area contributed by atoms with E-state index in [2.05, 4.69) is 10.3 Å². The Hall–Kier alpha value is -1.63. The van der Waals surface area contributed by atoms with Gasteiger partial charge in [-0.25, -0.2) is 9.78 Å². The first-order chi connectivity index (χ1) is 9.45. The summed E-state index contributed by atoms with van der Waals surface area (Å²) in [6.07, 6.45) is 1.84. The van der Waals surface area contributed by atoms with E-state index in [1.165, 1.54) is 11.3 Å². The molecular weight excluding hydrogens is 278 g/mol. The summed E-state index contributed by atoms with van der Waals surface area (Å²) in [5.74, 6) is -0.754. The Morgan fingerprint density at radius 3 is 2.85 bits per heavy atom. The van der Waals surface area contributed by atoms with Gasteiger partial charge >= 0.3 is 12.0 Å². The fourth-order valence-electron chi connectivity index (χ4n) is 2.36. The molecule has 0 bridgehead atoms. The van der Waals surface area contributed by atoms with Gasteiger partial charge in [-0.05, 0) is 32.6 Å². The molecule has 110 valence electrons. The maximum Gasteiger partial charge on any atom is 0.323 e. The fourth-order valence-corrected chi connectivity index (χ4v) is 3.16. The van der Waals surface area contributed by atoms with Crippen molar-refractivity contribution < 1.29 is 14.7 Å². The van der Waals surface area contributed by atoms with Crippen LogP contribution in [0.3, 0.4) is 0 Å². The second-order valence-electron chi connectivity index (χ2n) is 5.14. The third kappa shape index (κ3) is 3.69. The fraction of sp³-hybridized carbons (Fsp3) is 0.615. The smallest absolute Gasteiger partial charge is 0.323 e. The van der Waals surface area contributed by atoms with Crippen LogP contribution in [0.5, 0.6) is 0 Å². The summed E-state index contributed by atoms with van der Waals surface area (Å²) in [4.78, 5) is 29.9. The zero-order valence-corrected chi connectivity index (χ0v) is 12.5. The topological polar surface area (TPSA) is 82.5 Å². The molecule has 0 spiro atoms. The van der Waals surface area contributed by atoms with Crippen LogP contribution in [0.2, 0.25) is 0 Å². The predicted molar refractivity (Wildman–Crippen MR) is 77.2 cm³/mol. The first kappa shape index (κ1) is 14.8. The molecule has 1 unspecified atom stereocenters. The number of amides is 2. The Balaban J connectivity index is 1.93. The lowest BCUT2D eigenvalue weighted by molar-refractivity contribution is -0.138. The summed E-state index contributed by atoms with van der Waals surface area (Å²) < 4.78 is 0. The highest BCUT2D eigenvalue weighted by Gasteiger charge is 2.25. The number of carboxylic acid groups (broad SMARTS) is 1. The lowest BCUT2D eigenvalue weighted by Gasteiger charge is -2.31. The number of likely N-dealkylation sites (tertiary alicyclic amines) is 1. The lowest BCUT2D eigenvalue weighted by Crippen LogP contribution is -2.42. The Morgan fingerprint density at radius 2 is 2.25 bits per heavy atom. The highest BCUT2D eigenvalue weighted by atomic mass is 32.1. The number of anilines is 1. The van der Waals surface area contributed by atoms with E-state index >= 15 is 0 Å². The molecule has 1 aromatic rings. The molecule has 0 aromatic carbocycles. The van der Waals surface area contributed by atoms with Crippen LogP contribution in [0.1, 0.15) is 29.8 Å². The van der Waals surface area contributed by atoms with Crippen LogP contribution in [-0.4, -0.2) is 40.1 Å². The third-order valence-electron chi connectivity index (χ3n) is 3.51. The number of piperidine rings is 1. The van der Waals surface area contributed by atoms with E-state index in [1.54, 1.807) is 4.90 Å². The standard InChI is InChI=1S/C13H19N3O3S/c1-8-9(2)20-12(14-8)15-13(19)16-5-3-4-10(7-16)6-11(17)18/h10H,3-7H2,1-2H3,(H,17,18)(H,14,15,19). The molecule has 1 aromatic heterocycles. The van der Waals surface area contributed by atoms with Crippen molar-refractivity contribution >= 4 is 28.5 Å². The summed E-state index contributed by atoms with van der Waals surface area (Å²) in [7, 11) is 0. The minimum Gasteiger partial charge on any atom is -0.481 e. The molecule has 20 heavy (non-hydrogen) atoms. The van der Waals surface area contributed by atoms with Crippen LogP contribution in [0, 0.1) is 19.8 Å². The number of thiazole rings is 1. The van der Waals surface area contributed by atoms with Crippen LogP contribution in [0.25, 0.3) is 0 Å². The van der Waals surface area contributed by atoms with Crippen molar-refractivity contribution in [1.29, 1.82) is 0 Å². The quantitative estimate of drug-likeness (QED) is 0.898. The second-order valence-corrected chi connectivity index (χ2v) is 6.35. The number of aromatic nitrogens is 1. The van der Waals surface area contributed by atoms with E-state index in [1.807, 2.05) is 13.8 Å². The molecule has 2 amide bonds. The van der Waals surface area contributed by atoms with Crippen molar-refractivity contribution in [3.05, 3.63) is 10.6 Å². The normalized spacial score (nSPS) is 18.9. The Morgan fingerprint density at radius 1 is 1.50 bits per heavy atom. The van der Waals surface area contributed by atoms with Gasteiger partial charge in [-0.15, -0.1) is 11.3 Å². The number of carbonyl (C=O) groups is 2. The molecule has 1 aliphatic rings. The van der Waals surface area contributed by atoms with Crippen LogP contribution in [-0.2, 0) is 4.79 Å². The number of rotatable bonds is 3. The molecule has 1 aliphatic heterocycles. The number of carbonyl (C=O) groups excluding carboxylic acids is 1. The van der Waals surface area contributed by atoms with Gasteiger partial charge in [0.15, 0.2) is 5.13 Å². The molecule has 2 rings (SSSR count). The van der Waals surface area contributed by atoms with E-state index in [4.69, 9.17) is 5.11 Å². The number of aryl methyl sites for hydroxylation is 2. The SMILES string of the molecule is Cc1nc(NC(=O)N2CCCC(CC(=O)O)C2)sc1C. The number of carboxylic acids is 1. The number of nitrogens with one attached hydrogen (secondary N) is 1. The summed E-state index contributed by atoms with van der Waals surface area (Å²) in [5, 5.41) is 12.2. The van der Waals surface area contributed by atoms with Crippen LogP contribution >= 0.6 is 11.3 Å². The average molecular weight is 297 g/mol. The van der Waals surface area contributed by atoms with Crippen molar-refractivity contribution in [2.75, 3.05) is 18.4 Å². The molecular formula is C13H19N3O3S. The third-order valence-corrected chi connectivity index (χ3v) is 4.50. The van der Waals surface area contributed by atoms with Gasteiger partial charge in [0.1, 0.15) is 0 Å². The number of nitrogens with zero attached hydrogens (tertiary/aromatic N) is 2. The maximum absolute atomic E-state index is 12.2. The van der Waals surface area contributed by atoms with Crippen molar-refractivity contribution in [1.82, 2.24) is 9.88 Å². The van der Waals surface area contributed by atoms with Gasteiger partial charge in [0.25, 0.3) is 0 Å². The van der Waals surface area contributed by atoms with Crippen molar-refractivity contribution in [3.63, 3.8) is 0 Å². The van der Waals surface area contributed by atoms with Gasteiger partial charge in [0.2, 0.25) is 0 Å². The molecule has 2 N–H and O–H groups in total. The largest absolute Gasteiger partial charge is 0.481 e. The summed E-state index contributed by atoms with van der Waals surface area (Å²) in [6.45, 7) is 5.05. The first-order valence-corrected chi connectivity index (χ1v) is 7.49. The molecule has 1 saturated heterocycles. The molecule has 7 heteroatoms. The Labute approximate surface area is 121 Å². The maximum atomic E-state index is 12.2. The monoisotopic (exact) mass is 297 g/mol. The molecule has 2 heterocycles. The zero-order valence-electron chi connectivity index (χ0n) is 11.7. The van der Waals surface area contributed by atoms with Gasteiger partial charge < -0.3 is 10.0 Å². The molecule has 0 radical (unpaired) electrons. The van der Waals surface area contributed by atoms with Gasteiger partial charge in [-0.2, -0.15) is 0 Å². The van der Waals surface area contributed by atoms with Crippen LogP contribution in [0.15, 0.2) is 0 Å². The first-order valence-electron chi connectivity index (χ1n) is 6.67. The average Bonchev–Trinajstić information content (AvgIpc) is 2.67. The second kappa shape index (κ2) is 6.21. The van der Waals surface area contributed by atoms with Gasteiger partial charge in [0.05, 0.1) is 5.69 Å². The van der Waals surface area contributed by atoms with Crippen molar-refractivity contribution in [2.24, 2.45) is 5.92 Å². The minimum atomic E-state index is -0.802. The van der Waals surface area contributed by atoms with Crippen LogP contribution < -0.4 is 5.32 Å². The highest BCUT2D eigenvalue weighted by Crippen LogP contribution is 2.23. The van der Waals surface area contributed by atoms with Crippen molar-refractivity contribution in [2.45, 2.75) is 33.1 Å². The molecule has 1 fully saturated rings. The molecule has 0 saturated carbocycles. The Kier molecular flexibility index (Phi) is 4.59. The minimum absolute atomic E-state index is 0.0479. The number of aliphatic carboxylic acids is 1. The van der Waals surface area contributed by atoms with Gasteiger partial charge in [-0.1, -0.05) is 0 Å². The lowest BCUT2D eigenvalue weighted by atomic mass is 9.95. The predicted octanol–water partition coefficient (Wildman–Crippen LogP) is 2.48. The summed E-state index contributed by atoms with van der Waals surface area (Å²) in [5.41, 5.74) is 0.924. The Bertz CT molecular complexity index is 495. The van der Waals surface area contributed by atoms with E-state index < -0.39 is 5.97 Å². The van der Waals surface area contributed by atoms with Gasteiger partial charge in [-0.3, -0.25) is 10.1 Å². The number of hydrogen-bond acceptors (Lipinski definition) is 4. The molecule has 1 atom stereocenters. The van der Waals surface area contributed by atoms with Crippen molar-refractivity contribution in [3.8, 4) is 0 Å². The van der Waals surface area contributed by atoms with Crippen LogP contribution in [0.4, 0.5) is 9.93 Å². The number of hydrogen-bond donors (Lipinski definition) is 2. The zero-order chi connectivity index (χ0) is 14.7. The summed E-state index contributed by atoms with van der Waals surface area (Å²) >= 11 is 1.45. The number of urea groups is 1. The summed E-state index contributed by atoms with van der Waals surface area (Å²) in [6, 6.07) is -0.186. The van der Waals surface area contributed by atoms with E-state index in [-0.39, 0.29) is 18.4 Å². The highest BCUT2D eigenvalue weighted by molar-refractivity contribution is 7.15. The van der Waals surface area contributed by atoms with E-state index in [0.717, 1.165) is 23.4 Å².